The molecule has 0 amide bonds. The van der Waals surface area contributed by atoms with Crippen molar-refractivity contribution in [1.82, 2.24) is 4.57 Å². The van der Waals surface area contributed by atoms with Gasteiger partial charge in [0.05, 0.1) is 0 Å². The van der Waals surface area contributed by atoms with E-state index in [1.54, 1.807) is 0 Å². The van der Waals surface area contributed by atoms with Gasteiger partial charge in [-0.05, 0) is 54.8 Å². The molecule has 1 aromatic carbocycles. The molecule has 0 spiro atoms. The molecule has 6 heteroatoms. The molecule has 4 atom stereocenters. The molecule has 1 heterocycles. The molecule has 0 radical (unpaired) electrons. The van der Waals surface area contributed by atoms with Gasteiger partial charge in [-0.1, -0.05) is 67.7 Å². The number of hydrogen-bond donors (Lipinski definition) is 0. The Labute approximate surface area is 195 Å². The van der Waals surface area contributed by atoms with Crippen molar-refractivity contribution in [3.63, 3.8) is 0 Å². The molecule has 0 bridgehead atoms. The van der Waals surface area contributed by atoms with Crippen molar-refractivity contribution < 1.29 is 17.0 Å². The van der Waals surface area contributed by atoms with Crippen LogP contribution in [0.2, 0.25) is 18.6 Å². The number of allylic oxidation sites excluding steroid dienone is 4. The second-order valence-corrected chi connectivity index (χ2v) is 15.9. The molecule has 160 valence electrons. The van der Waals surface area contributed by atoms with Crippen molar-refractivity contribution >= 4 is 26.8 Å². The molecular weight excluding hydrogens is 451 g/mol. The van der Waals surface area contributed by atoms with E-state index in [1.165, 1.54) is 31.5 Å². The first-order valence-corrected chi connectivity index (χ1v) is 17.6. The molecular formula is C23H34Cl2N2SiTi-2. The third kappa shape index (κ3) is 6.32. The molecule has 4 rings (SSSR count). The predicted molar refractivity (Wildman–Crippen MR) is 128 cm³/mol. The molecule has 2 nitrogen and oxygen atoms in total. The third-order valence-corrected chi connectivity index (χ3v) is 11.4. The van der Waals surface area contributed by atoms with Crippen LogP contribution in [0, 0.1) is 25.2 Å². The second kappa shape index (κ2) is 12.2. The molecule has 29 heavy (non-hydrogen) atoms. The summed E-state index contributed by atoms with van der Waals surface area (Å²) in [6, 6.07) is 11.1. The van der Waals surface area contributed by atoms with E-state index in [0.29, 0.717) is 0 Å². The van der Waals surface area contributed by atoms with E-state index in [0.717, 1.165) is 36.4 Å². The monoisotopic (exact) mass is 484 g/mol. The van der Waals surface area contributed by atoms with Crippen LogP contribution < -0.4 is 0 Å². The van der Waals surface area contributed by atoms with Crippen LogP contribution in [0.4, 0.5) is 0 Å². The van der Waals surface area contributed by atoms with Gasteiger partial charge in [-0.15, -0.1) is 13.1 Å². The summed E-state index contributed by atoms with van der Waals surface area (Å²) >= 11 is -0.556. The van der Waals surface area contributed by atoms with Gasteiger partial charge in [0.15, 0.2) is 0 Å². The van der Waals surface area contributed by atoms with Crippen LogP contribution in [-0.4, -0.2) is 39.0 Å². The van der Waals surface area contributed by atoms with Crippen LogP contribution in [0.3, 0.4) is 0 Å². The van der Waals surface area contributed by atoms with E-state index >= 15 is 0 Å². The fourth-order valence-electron chi connectivity index (χ4n) is 5.47. The Morgan fingerprint density at radius 1 is 1.03 bits per heavy atom. The fourth-order valence-corrected chi connectivity index (χ4v) is 9.45. The van der Waals surface area contributed by atoms with E-state index in [-0.39, 0.29) is 7.43 Å². The van der Waals surface area contributed by atoms with Gasteiger partial charge in [-0.3, -0.25) is 0 Å². The van der Waals surface area contributed by atoms with Gasteiger partial charge >= 0.3 is 35.6 Å². The predicted octanol–water partition coefficient (Wildman–Crippen LogP) is 6.70. The zero-order valence-electron chi connectivity index (χ0n) is 17.9. The molecule has 1 aliphatic heterocycles. The molecule has 1 saturated carbocycles. The van der Waals surface area contributed by atoms with Crippen LogP contribution in [0.5, 0.6) is 0 Å². The number of rotatable bonds is 4. The minimum absolute atomic E-state index is 0. The van der Waals surface area contributed by atoms with Crippen molar-refractivity contribution in [2.75, 3.05) is 26.2 Å². The van der Waals surface area contributed by atoms with Gasteiger partial charge in [0, 0.05) is 0 Å². The molecule has 2 fully saturated rings. The fraction of sp³-hybridized carbons (Fsp3) is 0.522. The van der Waals surface area contributed by atoms with Gasteiger partial charge in [0.2, 0.25) is 0 Å². The quantitative estimate of drug-likeness (QED) is 0.343. The second-order valence-electron chi connectivity index (χ2n) is 8.60. The topological polar surface area (TPSA) is 17.3 Å². The van der Waals surface area contributed by atoms with Crippen LogP contribution >= 0.6 is 18.6 Å². The third-order valence-electron chi connectivity index (χ3n) is 6.91. The molecule has 3 aliphatic rings. The van der Waals surface area contributed by atoms with E-state index in [9.17, 15) is 0 Å². The summed E-state index contributed by atoms with van der Waals surface area (Å²) in [7, 11) is 8.33. The normalized spacial score (nSPS) is 28.7. The zero-order valence-corrected chi connectivity index (χ0v) is 22.0. The van der Waals surface area contributed by atoms with Crippen LogP contribution in [0.15, 0.2) is 54.6 Å². The summed E-state index contributed by atoms with van der Waals surface area (Å²) in [5.41, 5.74) is 2.37. The maximum absolute atomic E-state index is 4.89. The first kappa shape index (κ1) is 25.4. The Balaban J connectivity index is 0.000000708. The summed E-state index contributed by atoms with van der Waals surface area (Å²) in [4.78, 5) is 0. The maximum atomic E-state index is 4.89. The number of nitrogens with zero attached hydrogens (tertiary/aromatic N) is 2. The molecule has 1 saturated heterocycles. The van der Waals surface area contributed by atoms with Crippen molar-refractivity contribution in [2.24, 2.45) is 17.8 Å². The minimum atomic E-state index is -1.45. The number of halogens is 2. The van der Waals surface area contributed by atoms with E-state index < -0.39 is 25.3 Å². The van der Waals surface area contributed by atoms with Crippen molar-refractivity contribution in [3.8, 4) is 0 Å². The van der Waals surface area contributed by atoms with Crippen LogP contribution in [-0.2, 0) is 23.5 Å². The van der Waals surface area contributed by atoms with Gasteiger partial charge in [-0.2, -0.15) is 0 Å². The van der Waals surface area contributed by atoms with Gasteiger partial charge < -0.3 is 17.3 Å². The van der Waals surface area contributed by atoms with Gasteiger partial charge in [0.1, 0.15) is 8.24 Å². The summed E-state index contributed by atoms with van der Waals surface area (Å²) in [6.07, 6.45) is 12.3. The Bertz CT molecular complexity index is 662. The summed E-state index contributed by atoms with van der Waals surface area (Å²) in [5.74, 6) is 2.27. The first-order chi connectivity index (χ1) is 13.6. The number of benzene rings is 1. The Kier molecular flexibility index (Phi) is 10.7. The van der Waals surface area contributed by atoms with Gasteiger partial charge in [-0.25, -0.2) is 0 Å². The number of fused-ring (bicyclic) bond motifs is 1. The van der Waals surface area contributed by atoms with Crippen molar-refractivity contribution in [1.29, 1.82) is 0 Å². The number of piperazine rings is 1. The number of hydrogen-bond acceptors (Lipinski definition) is 1. The SMILES string of the molecule is C[Si](C)(C1C[C@H](Cc2ccccc2)C2C=CC=CC21)N1CC[N-]CC1.[CH3-].[Cl][Ti][Cl]. The average molecular weight is 485 g/mol. The summed E-state index contributed by atoms with van der Waals surface area (Å²) in [6.45, 7) is 9.71. The summed E-state index contributed by atoms with van der Waals surface area (Å²) in [5, 5.41) is 4.58. The molecule has 2 aliphatic carbocycles. The Morgan fingerprint density at radius 3 is 2.24 bits per heavy atom. The van der Waals surface area contributed by atoms with E-state index in [4.69, 9.17) is 18.6 Å². The molecule has 0 N–H and O–H groups in total. The van der Waals surface area contributed by atoms with E-state index in [1.807, 2.05) is 0 Å². The molecule has 3 unspecified atom stereocenters. The Hall–Kier alpha value is 0.131. The Morgan fingerprint density at radius 2 is 1.62 bits per heavy atom. The average Bonchev–Trinajstić information content (AvgIpc) is 3.09. The van der Waals surface area contributed by atoms with Crippen LogP contribution in [0.1, 0.15) is 12.0 Å². The van der Waals surface area contributed by atoms with Gasteiger partial charge in [0.25, 0.3) is 0 Å². The molecule has 0 aromatic heterocycles. The van der Waals surface area contributed by atoms with Crippen molar-refractivity contribution in [2.45, 2.75) is 31.5 Å². The standard InChI is InChI=1S/C22H31N2Si.CH3.2ClH.Ti/c1-25(2,24-14-12-23-13-15-24)22-17-19(16-18-8-4-3-5-9-18)20-10-6-7-11-21(20)22;;;;/h3-11,19-22H,12-17H2,1-2H3;1H3;2*1H;/q2*-1;;;+2/p-2/t19-,20?,21?,22?;;;;/m0..../s1. The van der Waals surface area contributed by atoms with Crippen molar-refractivity contribution in [3.05, 3.63) is 72.9 Å². The van der Waals surface area contributed by atoms with E-state index in [2.05, 4.69) is 77.6 Å². The first-order valence-electron chi connectivity index (χ1n) is 10.3. The molecule has 1 aromatic rings. The summed E-state index contributed by atoms with van der Waals surface area (Å²) < 4.78 is 2.85. The van der Waals surface area contributed by atoms with Crippen LogP contribution in [0.25, 0.3) is 5.32 Å². The zero-order chi connectivity index (χ0) is 20.0.